The molecule has 138 valence electrons. The SMILES string of the molecule is COC(=O)[C@H]1OC(=O)N[C@H]1Cc1cccc(CC(C)(C)[Si](C)(C)O)c1. The summed E-state index contributed by atoms with van der Waals surface area (Å²) in [7, 11) is -1.03. The fourth-order valence-electron chi connectivity index (χ4n) is 2.79. The van der Waals surface area contributed by atoms with E-state index < -0.39 is 32.5 Å². The molecule has 0 aromatic heterocycles. The predicted molar refractivity (Wildman–Crippen MR) is 96.8 cm³/mol. The van der Waals surface area contributed by atoms with Crippen LogP contribution in [0.5, 0.6) is 0 Å². The number of methoxy groups -OCH3 is 1. The number of hydrogen-bond donors (Lipinski definition) is 2. The van der Waals surface area contributed by atoms with Crippen LogP contribution in [0.1, 0.15) is 25.0 Å². The third-order valence-corrected chi connectivity index (χ3v) is 8.57. The summed E-state index contributed by atoms with van der Waals surface area (Å²) in [6.07, 6.45) is -0.295. The van der Waals surface area contributed by atoms with Crippen molar-refractivity contribution >= 4 is 20.4 Å². The molecule has 1 aliphatic heterocycles. The molecule has 1 fully saturated rings. The van der Waals surface area contributed by atoms with E-state index in [1.165, 1.54) is 7.11 Å². The predicted octanol–water partition coefficient (Wildman–Crippen LogP) is 2.40. The molecule has 2 rings (SSSR count). The maximum absolute atomic E-state index is 11.8. The number of alkyl carbamates (subject to hydrolysis) is 1. The van der Waals surface area contributed by atoms with Gasteiger partial charge in [-0.05, 0) is 42.1 Å². The molecule has 2 atom stereocenters. The van der Waals surface area contributed by atoms with Crippen LogP contribution in [0.2, 0.25) is 18.1 Å². The third kappa shape index (κ3) is 4.61. The molecule has 0 aliphatic carbocycles. The molecule has 1 amide bonds. The summed E-state index contributed by atoms with van der Waals surface area (Å²) in [4.78, 5) is 33.7. The molecule has 1 aliphatic rings. The van der Waals surface area contributed by atoms with Crippen LogP contribution in [0.25, 0.3) is 0 Å². The number of cyclic esters (lactones) is 1. The number of nitrogens with one attached hydrogen (secondary N) is 1. The minimum absolute atomic E-state index is 0.162. The molecular formula is C18H27NO5Si. The number of carbonyl (C=O) groups excluding carboxylic acids is 2. The van der Waals surface area contributed by atoms with Crippen molar-refractivity contribution < 1.29 is 23.9 Å². The summed E-state index contributed by atoms with van der Waals surface area (Å²) in [5, 5.41) is 2.50. The van der Waals surface area contributed by atoms with Crippen molar-refractivity contribution in [3.63, 3.8) is 0 Å². The Labute approximate surface area is 149 Å². The van der Waals surface area contributed by atoms with Crippen molar-refractivity contribution in [3.05, 3.63) is 35.4 Å². The van der Waals surface area contributed by atoms with Crippen molar-refractivity contribution in [1.82, 2.24) is 5.32 Å². The molecule has 0 spiro atoms. The lowest BCUT2D eigenvalue weighted by molar-refractivity contribution is -0.149. The van der Waals surface area contributed by atoms with E-state index in [1.54, 1.807) is 0 Å². The Morgan fingerprint density at radius 2 is 2.00 bits per heavy atom. The Hall–Kier alpha value is -1.86. The van der Waals surface area contributed by atoms with Gasteiger partial charge in [-0.2, -0.15) is 0 Å². The Bertz CT molecular complexity index is 653. The summed E-state index contributed by atoms with van der Waals surface area (Å²) in [5.74, 6) is -0.561. The molecule has 0 radical (unpaired) electrons. The number of hydrogen-bond acceptors (Lipinski definition) is 5. The maximum atomic E-state index is 11.8. The minimum atomic E-state index is -2.30. The summed E-state index contributed by atoms with van der Waals surface area (Å²) in [6.45, 7) is 8.07. The average molecular weight is 366 g/mol. The topological polar surface area (TPSA) is 84.9 Å². The molecule has 6 nitrogen and oxygen atoms in total. The van der Waals surface area contributed by atoms with Crippen LogP contribution >= 0.6 is 0 Å². The first kappa shape index (κ1) is 19.5. The van der Waals surface area contributed by atoms with Gasteiger partial charge in [0.1, 0.15) is 0 Å². The van der Waals surface area contributed by atoms with Crippen molar-refractivity contribution in [1.29, 1.82) is 0 Å². The van der Waals surface area contributed by atoms with Crippen LogP contribution < -0.4 is 5.32 Å². The monoisotopic (exact) mass is 365 g/mol. The highest BCUT2D eigenvalue weighted by atomic mass is 28.4. The van der Waals surface area contributed by atoms with Gasteiger partial charge in [-0.3, -0.25) is 0 Å². The summed E-state index contributed by atoms with van der Waals surface area (Å²) in [5.41, 5.74) is 2.12. The number of ether oxygens (including phenoxy) is 2. The molecule has 0 bridgehead atoms. The van der Waals surface area contributed by atoms with Crippen molar-refractivity contribution in [2.24, 2.45) is 0 Å². The number of amides is 1. The smallest absolute Gasteiger partial charge is 0.408 e. The van der Waals surface area contributed by atoms with E-state index in [1.807, 2.05) is 31.3 Å². The fraction of sp³-hybridized carbons (Fsp3) is 0.556. The fourth-order valence-corrected chi connectivity index (χ4v) is 3.43. The Morgan fingerprint density at radius 3 is 2.60 bits per heavy atom. The number of esters is 1. The zero-order valence-corrected chi connectivity index (χ0v) is 16.5. The van der Waals surface area contributed by atoms with Crippen LogP contribution in [0, 0.1) is 0 Å². The van der Waals surface area contributed by atoms with Crippen LogP contribution in [0.15, 0.2) is 24.3 Å². The first-order valence-electron chi connectivity index (χ1n) is 8.39. The van der Waals surface area contributed by atoms with Gasteiger partial charge in [0.15, 0.2) is 8.32 Å². The van der Waals surface area contributed by atoms with E-state index >= 15 is 0 Å². The molecule has 2 N–H and O–H groups in total. The molecule has 0 saturated carbocycles. The number of carbonyl (C=O) groups is 2. The standard InChI is InChI=1S/C18H27NO5Si/c1-18(2,25(4,5)22)11-13-8-6-7-12(9-13)10-14-15(16(20)23-3)24-17(21)19-14/h6-9,14-15,22H,10-11H2,1-5H3,(H,19,21)/t14-,15-/m0/s1. The lowest BCUT2D eigenvalue weighted by atomic mass is 9.96. The van der Waals surface area contributed by atoms with E-state index in [0.717, 1.165) is 17.5 Å². The van der Waals surface area contributed by atoms with Crippen molar-refractivity contribution in [2.75, 3.05) is 7.11 Å². The van der Waals surface area contributed by atoms with Crippen LogP contribution in [-0.4, -0.2) is 44.4 Å². The first-order chi connectivity index (χ1) is 11.5. The van der Waals surface area contributed by atoms with Crippen molar-refractivity contribution in [2.45, 2.75) is 57.0 Å². The Balaban J connectivity index is 2.14. The zero-order chi connectivity index (χ0) is 18.8. The van der Waals surface area contributed by atoms with Crippen molar-refractivity contribution in [3.8, 4) is 0 Å². The van der Waals surface area contributed by atoms with Gasteiger partial charge in [-0.1, -0.05) is 38.1 Å². The zero-order valence-electron chi connectivity index (χ0n) is 15.5. The van der Waals surface area contributed by atoms with Gasteiger partial charge in [0.05, 0.1) is 13.2 Å². The van der Waals surface area contributed by atoms with Gasteiger partial charge in [0, 0.05) is 0 Å². The second-order valence-corrected chi connectivity index (χ2v) is 12.2. The molecule has 1 saturated heterocycles. The van der Waals surface area contributed by atoms with E-state index in [4.69, 9.17) is 9.47 Å². The molecule has 0 unspecified atom stereocenters. The van der Waals surface area contributed by atoms with E-state index in [0.29, 0.717) is 6.42 Å². The quantitative estimate of drug-likeness (QED) is 0.597. The van der Waals surface area contributed by atoms with Gasteiger partial charge in [0.2, 0.25) is 6.10 Å². The van der Waals surface area contributed by atoms with Crippen LogP contribution in [-0.2, 0) is 27.1 Å². The van der Waals surface area contributed by atoms with E-state index in [2.05, 4.69) is 25.2 Å². The Morgan fingerprint density at radius 1 is 1.36 bits per heavy atom. The molecule has 1 aromatic rings. The third-order valence-electron chi connectivity index (χ3n) is 5.09. The molecule has 1 heterocycles. The lowest BCUT2D eigenvalue weighted by Gasteiger charge is -2.35. The normalized spacial score (nSPS) is 20.8. The first-order valence-corrected chi connectivity index (χ1v) is 11.3. The highest BCUT2D eigenvalue weighted by molar-refractivity contribution is 6.72. The van der Waals surface area contributed by atoms with Crippen LogP contribution in [0.4, 0.5) is 4.79 Å². The van der Waals surface area contributed by atoms with Gasteiger partial charge >= 0.3 is 12.1 Å². The molecule has 7 heteroatoms. The molecule has 25 heavy (non-hydrogen) atoms. The van der Waals surface area contributed by atoms with Gasteiger partial charge in [0.25, 0.3) is 0 Å². The molecule has 1 aromatic carbocycles. The van der Waals surface area contributed by atoms with Gasteiger partial charge in [-0.25, -0.2) is 9.59 Å². The van der Waals surface area contributed by atoms with Crippen LogP contribution in [0.3, 0.4) is 0 Å². The number of rotatable bonds is 6. The largest absolute Gasteiger partial charge is 0.466 e. The number of benzene rings is 1. The maximum Gasteiger partial charge on any atom is 0.408 e. The summed E-state index contributed by atoms with van der Waals surface area (Å²) >= 11 is 0. The van der Waals surface area contributed by atoms with Gasteiger partial charge in [-0.15, -0.1) is 0 Å². The summed E-state index contributed by atoms with van der Waals surface area (Å²) < 4.78 is 9.70. The minimum Gasteiger partial charge on any atom is -0.466 e. The van der Waals surface area contributed by atoms with Gasteiger partial charge < -0.3 is 19.6 Å². The van der Waals surface area contributed by atoms with E-state index in [9.17, 15) is 14.4 Å². The molecular weight excluding hydrogens is 338 g/mol. The second kappa shape index (κ2) is 7.17. The average Bonchev–Trinajstić information content (AvgIpc) is 2.85. The Kier molecular flexibility index (Phi) is 5.58. The van der Waals surface area contributed by atoms with E-state index in [-0.39, 0.29) is 5.04 Å². The second-order valence-electron chi connectivity index (χ2n) is 7.74. The summed E-state index contributed by atoms with van der Waals surface area (Å²) in [6, 6.07) is 7.55. The lowest BCUT2D eigenvalue weighted by Crippen LogP contribution is -2.40. The highest BCUT2D eigenvalue weighted by Gasteiger charge is 2.40. The highest BCUT2D eigenvalue weighted by Crippen LogP contribution is 2.38.